The van der Waals surface area contributed by atoms with Crippen molar-refractivity contribution in [1.82, 2.24) is 0 Å². The van der Waals surface area contributed by atoms with E-state index in [-0.39, 0.29) is 5.38 Å². The molecular weight excluding hydrogens is 372 g/mol. The molecule has 3 rings (SSSR count). The van der Waals surface area contributed by atoms with Crippen molar-refractivity contribution in [2.24, 2.45) is 0 Å². The Morgan fingerprint density at radius 2 is 1.90 bits per heavy atom. The third kappa shape index (κ3) is 2.64. The zero-order valence-electron chi connectivity index (χ0n) is 10.8. The predicted octanol–water partition coefficient (Wildman–Crippen LogP) is 6.71. The Kier molecular flexibility index (Phi) is 4.41. The highest BCUT2D eigenvalue weighted by Crippen LogP contribution is 2.40. The second-order valence-electron chi connectivity index (χ2n) is 4.44. The van der Waals surface area contributed by atoms with E-state index >= 15 is 0 Å². The highest BCUT2D eigenvalue weighted by molar-refractivity contribution is 9.10. The Balaban J connectivity index is 2.03. The lowest BCUT2D eigenvalue weighted by molar-refractivity contribution is 1.16. The first kappa shape index (κ1) is 14.5. The standard InChI is InChI=1S/C16H12BrClS2/c1-19-11-7-5-10(6-8-11)15(18)13-9-20-16-12(13)3-2-4-14(16)17/h2-9,15H,1H3. The minimum atomic E-state index is -0.103. The highest BCUT2D eigenvalue weighted by atomic mass is 79.9. The molecule has 0 aliphatic carbocycles. The van der Waals surface area contributed by atoms with Gasteiger partial charge in [-0.1, -0.05) is 24.3 Å². The lowest BCUT2D eigenvalue weighted by Gasteiger charge is -2.10. The lowest BCUT2D eigenvalue weighted by atomic mass is 10.0. The van der Waals surface area contributed by atoms with Crippen LogP contribution in [-0.4, -0.2) is 6.26 Å². The van der Waals surface area contributed by atoms with Crippen molar-refractivity contribution in [2.75, 3.05) is 6.26 Å². The summed E-state index contributed by atoms with van der Waals surface area (Å²) in [6.45, 7) is 0. The molecule has 0 aliphatic rings. The number of hydrogen-bond donors (Lipinski definition) is 0. The summed E-state index contributed by atoms with van der Waals surface area (Å²) in [5.41, 5.74) is 2.33. The van der Waals surface area contributed by atoms with Crippen LogP contribution in [-0.2, 0) is 0 Å². The number of hydrogen-bond acceptors (Lipinski definition) is 2. The van der Waals surface area contributed by atoms with Crippen LogP contribution in [0.1, 0.15) is 16.5 Å². The van der Waals surface area contributed by atoms with Crippen LogP contribution in [0.15, 0.2) is 57.2 Å². The van der Waals surface area contributed by atoms with Gasteiger partial charge in [0.25, 0.3) is 0 Å². The van der Waals surface area contributed by atoms with Crippen molar-refractivity contribution in [1.29, 1.82) is 0 Å². The summed E-state index contributed by atoms with van der Waals surface area (Å²) in [6, 6.07) is 14.7. The molecule has 0 saturated carbocycles. The molecule has 0 aliphatic heterocycles. The van der Waals surface area contributed by atoms with Crippen LogP contribution < -0.4 is 0 Å². The number of halogens is 2. The maximum Gasteiger partial charge on any atom is 0.0849 e. The van der Waals surface area contributed by atoms with Gasteiger partial charge in [-0.05, 0) is 62.3 Å². The van der Waals surface area contributed by atoms with Gasteiger partial charge in [0, 0.05) is 14.1 Å². The van der Waals surface area contributed by atoms with Gasteiger partial charge in [-0.3, -0.25) is 0 Å². The molecule has 0 nitrogen and oxygen atoms in total. The van der Waals surface area contributed by atoms with Crippen molar-refractivity contribution >= 4 is 60.7 Å². The summed E-state index contributed by atoms with van der Waals surface area (Å²) in [5, 5.41) is 3.29. The van der Waals surface area contributed by atoms with Gasteiger partial charge in [0.2, 0.25) is 0 Å². The number of fused-ring (bicyclic) bond motifs is 1. The van der Waals surface area contributed by atoms with Gasteiger partial charge in [0.05, 0.1) is 5.38 Å². The molecule has 0 fully saturated rings. The van der Waals surface area contributed by atoms with Gasteiger partial charge < -0.3 is 0 Å². The molecule has 0 amide bonds. The Morgan fingerprint density at radius 1 is 1.15 bits per heavy atom. The lowest BCUT2D eigenvalue weighted by Crippen LogP contribution is -1.91. The highest BCUT2D eigenvalue weighted by Gasteiger charge is 2.16. The average molecular weight is 384 g/mol. The molecule has 0 N–H and O–H groups in total. The Hall–Kier alpha value is -0.480. The number of thioether (sulfide) groups is 1. The third-order valence-electron chi connectivity index (χ3n) is 3.26. The molecule has 2 aromatic carbocycles. The Labute approximate surface area is 140 Å². The van der Waals surface area contributed by atoms with Crippen LogP contribution in [0.4, 0.5) is 0 Å². The fraction of sp³-hybridized carbons (Fsp3) is 0.125. The van der Waals surface area contributed by atoms with E-state index in [1.54, 1.807) is 23.1 Å². The first-order valence-electron chi connectivity index (χ1n) is 6.14. The van der Waals surface area contributed by atoms with Gasteiger partial charge in [0.1, 0.15) is 0 Å². The van der Waals surface area contributed by atoms with Crippen LogP contribution in [0, 0.1) is 0 Å². The molecule has 0 saturated heterocycles. The Morgan fingerprint density at radius 3 is 2.60 bits per heavy atom. The smallest absolute Gasteiger partial charge is 0.0849 e. The quantitative estimate of drug-likeness (QED) is 0.357. The van der Waals surface area contributed by atoms with E-state index in [0.717, 1.165) is 10.0 Å². The summed E-state index contributed by atoms with van der Waals surface area (Å²) in [4.78, 5) is 1.26. The van der Waals surface area contributed by atoms with Gasteiger partial charge in [-0.15, -0.1) is 34.7 Å². The first-order chi connectivity index (χ1) is 9.70. The first-order valence-corrected chi connectivity index (χ1v) is 9.47. The van der Waals surface area contributed by atoms with Gasteiger partial charge >= 0.3 is 0 Å². The van der Waals surface area contributed by atoms with E-state index in [1.807, 2.05) is 0 Å². The van der Waals surface area contributed by atoms with E-state index in [9.17, 15) is 0 Å². The molecule has 1 heterocycles. The van der Waals surface area contributed by atoms with Crippen LogP contribution in [0.3, 0.4) is 0 Å². The van der Waals surface area contributed by atoms with Crippen LogP contribution in [0.25, 0.3) is 10.1 Å². The predicted molar refractivity (Wildman–Crippen MR) is 95.4 cm³/mol. The molecule has 20 heavy (non-hydrogen) atoms. The molecule has 1 unspecified atom stereocenters. The summed E-state index contributed by atoms with van der Waals surface area (Å²) in [7, 11) is 0. The van der Waals surface area contributed by atoms with Crippen molar-refractivity contribution in [3.8, 4) is 0 Å². The maximum absolute atomic E-state index is 6.68. The van der Waals surface area contributed by atoms with Gasteiger partial charge in [-0.2, -0.15) is 0 Å². The fourth-order valence-electron chi connectivity index (χ4n) is 2.19. The van der Waals surface area contributed by atoms with Gasteiger partial charge in [0.15, 0.2) is 0 Å². The molecule has 0 spiro atoms. The van der Waals surface area contributed by atoms with Crippen LogP contribution in [0.5, 0.6) is 0 Å². The fourth-order valence-corrected chi connectivity index (χ4v) is 4.65. The summed E-state index contributed by atoms with van der Waals surface area (Å²) >= 11 is 13.8. The molecular formula is C16H12BrClS2. The molecule has 3 aromatic rings. The second-order valence-corrected chi connectivity index (χ2v) is 7.49. The summed E-state index contributed by atoms with van der Waals surface area (Å²) in [6.07, 6.45) is 2.08. The minimum Gasteiger partial charge on any atom is -0.142 e. The van der Waals surface area contributed by atoms with Crippen molar-refractivity contribution in [3.63, 3.8) is 0 Å². The van der Waals surface area contributed by atoms with Gasteiger partial charge in [-0.25, -0.2) is 0 Å². The van der Waals surface area contributed by atoms with Crippen molar-refractivity contribution in [3.05, 3.63) is 63.4 Å². The number of benzene rings is 2. The summed E-state index contributed by atoms with van der Waals surface area (Å²) in [5.74, 6) is 0. The van der Waals surface area contributed by atoms with E-state index in [1.165, 1.54) is 20.5 Å². The zero-order chi connectivity index (χ0) is 14.1. The van der Waals surface area contributed by atoms with Crippen molar-refractivity contribution in [2.45, 2.75) is 10.3 Å². The third-order valence-corrected chi connectivity index (χ3v) is 6.46. The maximum atomic E-state index is 6.68. The van der Waals surface area contributed by atoms with Crippen LogP contribution in [0.2, 0.25) is 0 Å². The largest absolute Gasteiger partial charge is 0.142 e. The van der Waals surface area contributed by atoms with E-state index < -0.39 is 0 Å². The monoisotopic (exact) mass is 382 g/mol. The molecule has 1 aromatic heterocycles. The topological polar surface area (TPSA) is 0 Å². The number of alkyl halides is 1. The summed E-state index contributed by atoms with van der Waals surface area (Å²) < 4.78 is 2.39. The van der Waals surface area contributed by atoms with E-state index in [2.05, 4.69) is 70.0 Å². The molecule has 102 valence electrons. The Bertz CT molecular complexity index is 734. The normalized spacial score (nSPS) is 12.8. The second kappa shape index (κ2) is 6.10. The average Bonchev–Trinajstić information content (AvgIpc) is 2.92. The number of rotatable bonds is 3. The SMILES string of the molecule is CSc1ccc(C(Cl)c2csc3c(Br)cccc23)cc1. The van der Waals surface area contributed by atoms with E-state index in [0.29, 0.717) is 0 Å². The zero-order valence-corrected chi connectivity index (χ0v) is 14.7. The molecule has 0 radical (unpaired) electrons. The molecule has 0 bridgehead atoms. The minimum absolute atomic E-state index is 0.103. The van der Waals surface area contributed by atoms with Crippen LogP contribution >= 0.6 is 50.6 Å². The number of thiophene rings is 1. The molecule has 1 atom stereocenters. The van der Waals surface area contributed by atoms with E-state index in [4.69, 9.17) is 11.6 Å². The van der Waals surface area contributed by atoms with Crippen molar-refractivity contribution < 1.29 is 0 Å². The molecule has 4 heteroatoms.